The first-order chi connectivity index (χ1) is 8.21. The van der Waals surface area contributed by atoms with Crippen molar-refractivity contribution in [2.75, 3.05) is 26.0 Å². The molecule has 1 rings (SSSR count). The van der Waals surface area contributed by atoms with Gasteiger partial charge in [0, 0.05) is 24.4 Å². The van der Waals surface area contributed by atoms with Gasteiger partial charge in [-0.2, -0.15) is 11.8 Å². The van der Waals surface area contributed by atoms with Gasteiger partial charge in [-0.1, -0.05) is 6.42 Å². The summed E-state index contributed by atoms with van der Waals surface area (Å²) in [6.07, 6.45) is 6.76. The Morgan fingerprint density at radius 3 is 2.88 bits per heavy atom. The maximum atomic E-state index is 11.9. The number of carbonyl (C=O) groups is 1. The van der Waals surface area contributed by atoms with Crippen LogP contribution in [0.25, 0.3) is 0 Å². The van der Waals surface area contributed by atoms with Gasteiger partial charge in [0.25, 0.3) is 0 Å². The molecule has 17 heavy (non-hydrogen) atoms. The van der Waals surface area contributed by atoms with Crippen LogP contribution in [-0.2, 0) is 0 Å². The number of rotatable bonds is 5. The van der Waals surface area contributed by atoms with Crippen molar-refractivity contribution >= 4 is 17.8 Å². The first-order valence-corrected chi connectivity index (χ1v) is 7.69. The molecule has 0 aliphatic heterocycles. The molecule has 0 heterocycles. The molecule has 1 saturated carbocycles. The summed E-state index contributed by atoms with van der Waals surface area (Å²) in [6.45, 7) is 3.02. The summed E-state index contributed by atoms with van der Waals surface area (Å²) in [5.41, 5.74) is 0. The fraction of sp³-hybridized carbons (Fsp3) is 0.917. The Bertz CT molecular complexity index is 239. The highest BCUT2D eigenvalue weighted by molar-refractivity contribution is 7.99. The number of nitrogens with zero attached hydrogens (tertiary/aromatic N) is 1. The number of aliphatic hydroxyl groups is 1. The highest BCUT2D eigenvalue weighted by Gasteiger charge is 2.23. The van der Waals surface area contributed by atoms with Gasteiger partial charge < -0.3 is 15.3 Å². The van der Waals surface area contributed by atoms with Crippen molar-refractivity contribution in [3.8, 4) is 0 Å². The van der Waals surface area contributed by atoms with E-state index in [-0.39, 0.29) is 12.6 Å². The quantitative estimate of drug-likeness (QED) is 0.791. The lowest BCUT2D eigenvalue weighted by molar-refractivity contribution is 0.174. The molecule has 2 unspecified atom stereocenters. The second-order valence-electron chi connectivity index (χ2n) is 4.47. The zero-order valence-electron chi connectivity index (χ0n) is 10.8. The van der Waals surface area contributed by atoms with Crippen LogP contribution in [0.4, 0.5) is 4.79 Å². The van der Waals surface area contributed by atoms with E-state index in [0.717, 1.165) is 12.8 Å². The van der Waals surface area contributed by atoms with E-state index in [0.29, 0.717) is 24.4 Å². The van der Waals surface area contributed by atoms with Crippen molar-refractivity contribution in [2.45, 2.75) is 43.9 Å². The Morgan fingerprint density at radius 2 is 2.29 bits per heavy atom. The fourth-order valence-electron chi connectivity index (χ4n) is 2.28. The molecule has 1 fully saturated rings. The minimum Gasteiger partial charge on any atom is -0.395 e. The molecule has 0 aromatic carbocycles. The lowest BCUT2D eigenvalue weighted by atomic mass is 9.95. The Labute approximate surface area is 108 Å². The van der Waals surface area contributed by atoms with Gasteiger partial charge in [-0.25, -0.2) is 4.79 Å². The minimum atomic E-state index is -0.0340. The van der Waals surface area contributed by atoms with Crippen LogP contribution in [0.15, 0.2) is 0 Å². The van der Waals surface area contributed by atoms with Crippen molar-refractivity contribution in [2.24, 2.45) is 0 Å². The Balaban J connectivity index is 2.38. The lowest BCUT2D eigenvalue weighted by Crippen LogP contribution is -2.47. The summed E-state index contributed by atoms with van der Waals surface area (Å²) in [7, 11) is 0. The van der Waals surface area contributed by atoms with Crippen LogP contribution in [-0.4, -0.2) is 53.3 Å². The minimum absolute atomic E-state index is 0.0271. The maximum absolute atomic E-state index is 11.9. The molecular formula is C12H24N2O2S. The first-order valence-electron chi connectivity index (χ1n) is 6.40. The Morgan fingerprint density at radius 1 is 1.53 bits per heavy atom. The molecule has 1 aliphatic rings. The number of urea groups is 1. The second kappa shape index (κ2) is 7.82. The molecule has 0 saturated heterocycles. The van der Waals surface area contributed by atoms with Gasteiger partial charge >= 0.3 is 6.03 Å². The van der Waals surface area contributed by atoms with E-state index >= 15 is 0 Å². The monoisotopic (exact) mass is 260 g/mol. The summed E-state index contributed by atoms with van der Waals surface area (Å²) >= 11 is 1.90. The molecule has 0 spiro atoms. The van der Waals surface area contributed by atoms with E-state index in [2.05, 4.69) is 11.6 Å². The maximum Gasteiger partial charge on any atom is 0.317 e. The number of thioether (sulfide) groups is 1. The Hall–Kier alpha value is -0.420. The molecule has 0 bridgehead atoms. The number of nitrogens with one attached hydrogen (secondary N) is 1. The van der Waals surface area contributed by atoms with E-state index in [9.17, 15) is 4.79 Å². The van der Waals surface area contributed by atoms with Crippen molar-refractivity contribution in [3.05, 3.63) is 0 Å². The molecule has 0 aromatic heterocycles. The van der Waals surface area contributed by atoms with E-state index in [1.54, 1.807) is 4.90 Å². The normalized spacial score (nSPS) is 24.4. The van der Waals surface area contributed by atoms with Gasteiger partial charge in [-0.15, -0.1) is 0 Å². The summed E-state index contributed by atoms with van der Waals surface area (Å²) in [6, 6.07) is 0.273. The van der Waals surface area contributed by atoms with E-state index in [1.807, 2.05) is 18.7 Å². The molecule has 1 aliphatic carbocycles. The zero-order valence-corrected chi connectivity index (χ0v) is 11.6. The van der Waals surface area contributed by atoms with Crippen molar-refractivity contribution in [1.82, 2.24) is 10.2 Å². The van der Waals surface area contributed by atoms with Gasteiger partial charge in [0.1, 0.15) is 0 Å². The highest BCUT2D eigenvalue weighted by Crippen LogP contribution is 2.26. The lowest BCUT2D eigenvalue weighted by Gasteiger charge is -2.30. The highest BCUT2D eigenvalue weighted by atomic mass is 32.2. The van der Waals surface area contributed by atoms with E-state index in [4.69, 9.17) is 5.11 Å². The molecule has 0 radical (unpaired) electrons. The van der Waals surface area contributed by atoms with Crippen LogP contribution in [0.3, 0.4) is 0 Å². The van der Waals surface area contributed by atoms with Gasteiger partial charge in [0.05, 0.1) is 6.61 Å². The number of amides is 2. The Kier molecular flexibility index (Phi) is 6.73. The largest absolute Gasteiger partial charge is 0.395 e. The van der Waals surface area contributed by atoms with Crippen LogP contribution in [0.1, 0.15) is 32.6 Å². The molecule has 5 heteroatoms. The third-order valence-corrected chi connectivity index (χ3v) is 4.42. The molecule has 2 amide bonds. The first kappa shape index (κ1) is 14.6. The number of aliphatic hydroxyl groups excluding tert-OH is 1. The second-order valence-corrected chi connectivity index (χ2v) is 5.61. The topological polar surface area (TPSA) is 52.6 Å². The van der Waals surface area contributed by atoms with Crippen molar-refractivity contribution in [3.63, 3.8) is 0 Å². The van der Waals surface area contributed by atoms with Crippen LogP contribution >= 0.6 is 11.8 Å². The van der Waals surface area contributed by atoms with Gasteiger partial charge in [-0.05, 0) is 32.4 Å². The number of carbonyl (C=O) groups excluding carboxylic acids is 1. The molecule has 0 aromatic rings. The van der Waals surface area contributed by atoms with Crippen LogP contribution in [0, 0.1) is 0 Å². The molecule has 100 valence electrons. The van der Waals surface area contributed by atoms with Crippen LogP contribution in [0.5, 0.6) is 0 Å². The van der Waals surface area contributed by atoms with E-state index < -0.39 is 0 Å². The summed E-state index contributed by atoms with van der Waals surface area (Å²) in [5.74, 6) is 0. The fourth-order valence-corrected chi connectivity index (χ4v) is 3.11. The number of likely N-dealkylation sites (N-methyl/N-ethyl adjacent to an activating group) is 1. The van der Waals surface area contributed by atoms with E-state index in [1.165, 1.54) is 12.8 Å². The van der Waals surface area contributed by atoms with Gasteiger partial charge in [0.15, 0.2) is 0 Å². The average molecular weight is 260 g/mol. The third-order valence-electron chi connectivity index (χ3n) is 3.33. The smallest absolute Gasteiger partial charge is 0.317 e. The van der Waals surface area contributed by atoms with Crippen molar-refractivity contribution < 1.29 is 9.90 Å². The number of hydrogen-bond acceptors (Lipinski definition) is 3. The number of hydrogen-bond donors (Lipinski definition) is 2. The van der Waals surface area contributed by atoms with Gasteiger partial charge in [-0.3, -0.25) is 0 Å². The average Bonchev–Trinajstić information content (AvgIpc) is 2.36. The third kappa shape index (κ3) is 4.76. The van der Waals surface area contributed by atoms with Gasteiger partial charge in [0.2, 0.25) is 0 Å². The molecular weight excluding hydrogens is 236 g/mol. The molecule has 2 N–H and O–H groups in total. The summed E-state index contributed by atoms with van der Waals surface area (Å²) in [4.78, 5) is 13.6. The van der Waals surface area contributed by atoms with Crippen molar-refractivity contribution in [1.29, 1.82) is 0 Å². The standard InChI is InChI=1S/C12H24N2O2S/c1-3-14(7-8-15)12(16)13-10-5-4-6-11(9-10)17-2/h10-11,15H,3-9H2,1-2H3,(H,13,16). The summed E-state index contributed by atoms with van der Waals surface area (Å²) in [5, 5.41) is 12.6. The predicted octanol–water partition coefficient (Wildman–Crippen LogP) is 1.68. The zero-order chi connectivity index (χ0) is 12.7. The SMILES string of the molecule is CCN(CCO)C(=O)NC1CCCC(SC)C1. The molecule has 2 atom stereocenters. The predicted molar refractivity (Wildman–Crippen MR) is 72.4 cm³/mol. The molecule has 4 nitrogen and oxygen atoms in total. The van der Waals surface area contributed by atoms with Crippen LogP contribution < -0.4 is 5.32 Å². The summed E-state index contributed by atoms with van der Waals surface area (Å²) < 4.78 is 0. The van der Waals surface area contributed by atoms with Crippen LogP contribution in [0.2, 0.25) is 0 Å².